The van der Waals surface area contributed by atoms with Gasteiger partial charge >= 0.3 is 0 Å². The van der Waals surface area contributed by atoms with Gasteiger partial charge < -0.3 is 10.1 Å². The Morgan fingerprint density at radius 1 is 1.19 bits per heavy atom. The Morgan fingerprint density at radius 2 is 1.90 bits per heavy atom. The summed E-state index contributed by atoms with van der Waals surface area (Å²) in [6.45, 7) is 9.42. The van der Waals surface area contributed by atoms with Gasteiger partial charge in [0.2, 0.25) is 0 Å². The molecule has 0 spiro atoms. The molecule has 1 unspecified atom stereocenters. The van der Waals surface area contributed by atoms with E-state index >= 15 is 0 Å². The predicted molar refractivity (Wildman–Crippen MR) is 90.0 cm³/mol. The second-order valence-electron chi connectivity index (χ2n) is 5.44. The van der Waals surface area contributed by atoms with Gasteiger partial charge in [0.25, 0.3) is 0 Å². The van der Waals surface area contributed by atoms with Crippen LogP contribution in [0.1, 0.15) is 45.9 Å². The molecule has 0 saturated carbocycles. The van der Waals surface area contributed by atoms with E-state index in [9.17, 15) is 0 Å². The number of hydrogen-bond donors (Lipinski definition) is 1. The highest BCUT2D eigenvalue weighted by molar-refractivity contribution is 7.13. The van der Waals surface area contributed by atoms with Gasteiger partial charge in [-0.15, -0.1) is 11.3 Å². The summed E-state index contributed by atoms with van der Waals surface area (Å²) in [4.78, 5) is 4.74. The van der Waals surface area contributed by atoms with Gasteiger partial charge in [-0.25, -0.2) is 4.98 Å². The van der Waals surface area contributed by atoms with Crippen molar-refractivity contribution in [3.05, 3.63) is 35.3 Å². The molecule has 1 heterocycles. The third-order valence-corrected chi connectivity index (χ3v) is 4.05. The molecule has 0 saturated heterocycles. The highest BCUT2D eigenvalue weighted by Crippen LogP contribution is 2.28. The van der Waals surface area contributed by atoms with Gasteiger partial charge in [0.15, 0.2) is 0 Å². The Hall–Kier alpha value is -1.39. The zero-order valence-corrected chi connectivity index (χ0v) is 14.0. The molecular formula is C17H24N2OS. The fraction of sp³-hybridized carbons (Fsp3) is 0.471. The maximum absolute atomic E-state index is 5.67. The molecule has 0 amide bonds. The zero-order chi connectivity index (χ0) is 15.2. The molecule has 0 aliphatic carbocycles. The maximum Gasteiger partial charge on any atom is 0.123 e. The molecule has 0 aliphatic heterocycles. The number of nitrogens with one attached hydrogen (secondary N) is 1. The van der Waals surface area contributed by atoms with Crippen LogP contribution in [-0.2, 0) is 0 Å². The zero-order valence-electron chi connectivity index (χ0n) is 13.2. The third kappa shape index (κ3) is 4.55. The Bertz CT molecular complexity index is 548. The minimum Gasteiger partial charge on any atom is -0.491 e. The average Bonchev–Trinajstić information content (AvgIpc) is 2.95. The van der Waals surface area contributed by atoms with Crippen molar-refractivity contribution in [2.24, 2.45) is 0 Å². The molecular weight excluding hydrogens is 280 g/mol. The monoisotopic (exact) mass is 304 g/mol. The van der Waals surface area contributed by atoms with E-state index in [-0.39, 0.29) is 6.10 Å². The molecule has 1 N–H and O–H groups in total. The summed E-state index contributed by atoms with van der Waals surface area (Å²) >= 11 is 1.69. The first-order chi connectivity index (χ1) is 10.1. The Balaban J connectivity index is 2.06. The van der Waals surface area contributed by atoms with Crippen LogP contribution in [0.2, 0.25) is 0 Å². The van der Waals surface area contributed by atoms with Crippen molar-refractivity contribution in [2.45, 2.75) is 46.3 Å². The summed E-state index contributed by atoms with van der Waals surface area (Å²) < 4.78 is 5.67. The van der Waals surface area contributed by atoms with Crippen LogP contribution >= 0.6 is 11.3 Å². The number of thiazole rings is 1. The van der Waals surface area contributed by atoms with Gasteiger partial charge in [-0.1, -0.05) is 6.92 Å². The lowest BCUT2D eigenvalue weighted by Gasteiger charge is -2.10. The fourth-order valence-corrected chi connectivity index (χ4v) is 2.95. The van der Waals surface area contributed by atoms with Crippen molar-refractivity contribution in [3.63, 3.8) is 0 Å². The summed E-state index contributed by atoms with van der Waals surface area (Å²) in [6, 6.07) is 8.47. The lowest BCUT2D eigenvalue weighted by atomic mass is 10.2. The van der Waals surface area contributed by atoms with E-state index in [1.165, 1.54) is 0 Å². The van der Waals surface area contributed by atoms with Crippen molar-refractivity contribution in [3.8, 4) is 16.3 Å². The summed E-state index contributed by atoms with van der Waals surface area (Å²) in [5, 5.41) is 6.67. The highest BCUT2D eigenvalue weighted by atomic mass is 32.1. The first kappa shape index (κ1) is 16.0. The molecule has 2 aromatic rings. The van der Waals surface area contributed by atoms with E-state index in [0.29, 0.717) is 6.04 Å². The molecule has 0 fully saturated rings. The van der Waals surface area contributed by atoms with Gasteiger partial charge in [-0.2, -0.15) is 0 Å². The molecule has 1 aromatic carbocycles. The molecule has 1 atom stereocenters. The second kappa shape index (κ2) is 7.57. The SMILES string of the molecule is CCCNC(C)c1csc(-c2ccc(OC(C)C)cc2)n1. The smallest absolute Gasteiger partial charge is 0.123 e. The van der Waals surface area contributed by atoms with E-state index in [1.54, 1.807) is 11.3 Å². The van der Waals surface area contributed by atoms with Crippen molar-refractivity contribution < 1.29 is 4.74 Å². The molecule has 1 aromatic heterocycles. The van der Waals surface area contributed by atoms with Crippen LogP contribution in [0.25, 0.3) is 10.6 Å². The number of aromatic nitrogens is 1. The van der Waals surface area contributed by atoms with E-state index in [1.807, 2.05) is 26.0 Å². The normalized spacial score (nSPS) is 12.6. The number of hydrogen-bond acceptors (Lipinski definition) is 4. The Labute approximate surface area is 131 Å². The Kier molecular flexibility index (Phi) is 5.76. The van der Waals surface area contributed by atoms with Crippen molar-refractivity contribution in [1.29, 1.82) is 0 Å². The van der Waals surface area contributed by atoms with Gasteiger partial charge in [-0.3, -0.25) is 0 Å². The Morgan fingerprint density at radius 3 is 2.52 bits per heavy atom. The van der Waals surface area contributed by atoms with E-state index < -0.39 is 0 Å². The van der Waals surface area contributed by atoms with Gasteiger partial charge in [-0.05, 0) is 58.0 Å². The van der Waals surface area contributed by atoms with Crippen LogP contribution in [0, 0.1) is 0 Å². The molecule has 0 aliphatic rings. The van der Waals surface area contributed by atoms with Crippen LogP contribution in [0.5, 0.6) is 5.75 Å². The predicted octanol–water partition coefficient (Wildman–Crippen LogP) is 4.66. The fourth-order valence-electron chi connectivity index (χ4n) is 2.03. The van der Waals surface area contributed by atoms with E-state index in [4.69, 9.17) is 9.72 Å². The number of ether oxygens (including phenoxy) is 1. The first-order valence-corrected chi connectivity index (χ1v) is 8.44. The quantitative estimate of drug-likeness (QED) is 0.808. The van der Waals surface area contributed by atoms with Crippen LogP contribution in [0.15, 0.2) is 29.6 Å². The van der Waals surface area contributed by atoms with E-state index in [2.05, 4.69) is 36.7 Å². The lowest BCUT2D eigenvalue weighted by molar-refractivity contribution is 0.242. The van der Waals surface area contributed by atoms with Gasteiger partial charge in [0, 0.05) is 17.0 Å². The topological polar surface area (TPSA) is 34.1 Å². The summed E-state index contributed by atoms with van der Waals surface area (Å²) in [6.07, 6.45) is 1.34. The molecule has 3 nitrogen and oxygen atoms in total. The van der Waals surface area contributed by atoms with Crippen LogP contribution in [0.4, 0.5) is 0 Å². The largest absolute Gasteiger partial charge is 0.491 e. The minimum absolute atomic E-state index is 0.202. The van der Waals surface area contributed by atoms with Crippen molar-refractivity contribution in [1.82, 2.24) is 10.3 Å². The third-order valence-electron chi connectivity index (χ3n) is 3.14. The second-order valence-corrected chi connectivity index (χ2v) is 6.30. The van der Waals surface area contributed by atoms with Crippen molar-refractivity contribution >= 4 is 11.3 Å². The summed E-state index contributed by atoms with van der Waals surface area (Å²) in [7, 11) is 0. The van der Waals surface area contributed by atoms with Crippen LogP contribution in [0.3, 0.4) is 0 Å². The summed E-state index contributed by atoms with van der Waals surface area (Å²) in [5.74, 6) is 0.906. The molecule has 0 radical (unpaired) electrons. The molecule has 0 bridgehead atoms. The number of rotatable bonds is 7. The molecule has 21 heavy (non-hydrogen) atoms. The lowest BCUT2D eigenvalue weighted by Crippen LogP contribution is -2.19. The van der Waals surface area contributed by atoms with Crippen LogP contribution in [-0.4, -0.2) is 17.6 Å². The molecule has 2 rings (SSSR count). The highest BCUT2D eigenvalue weighted by Gasteiger charge is 2.10. The first-order valence-electron chi connectivity index (χ1n) is 7.56. The number of nitrogens with zero attached hydrogens (tertiary/aromatic N) is 1. The van der Waals surface area contributed by atoms with Gasteiger partial charge in [0.1, 0.15) is 10.8 Å². The maximum atomic E-state index is 5.67. The van der Waals surface area contributed by atoms with Crippen LogP contribution < -0.4 is 10.1 Å². The summed E-state index contributed by atoms with van der Waals surface area (Å²) in [5.41, 5.74) is 2.26. The average molecular weight is 304 g/mol. The number of benzene rings is 1. The molecule has 4 heteroatoms. The van der Waals surface area contributed by atoms with Crippen molar-refractivity contribution in [2.75, 3.05) is 6.54 Å². The molecule has 114 valence electrons. The standard InChI is InChI=1S/C17H24N2OS/c1-5-10-18-13(4)16-11-21-17(19-16)14-6-8-15(9-7-14)20-12(2)3/h6-9,11-13,18H,5,10H2,1-4H3. The van der Waals surface area contributed by atoms with Gasteiger partial charge in [0.05, 0.1) is 11.8 Å². The van der Waals surface area contributed by atoms with E-state index in [0.717, 1.165) is 35.0 Å². The minimum atomic E-state index is 0.202.